The van der Waals surface area contributed by atoms with Gasteiger partial charge in [-0.1, -0.05) is 6.07 Å². The summed E-state index contributed by atoms with van der Waals surface area (Å²) in [6.45, 7) is 1.72. The zero-order chi connectivity index (χ0) is 9.64. The largest absolute Gasteiger partial charge is 0.364 e. The van der Waals surface area contributed by atoms with Crippen LogP contribution < -0.4 is 5.32 Å². The quantitative estimate of drug-likeness (QED) is 0.764. The summed E-state index contributed by atoms with van der Waals surface area (Å²) < 4.78 is 0. The third kappa shape index (κ3) is 2.44. The normalized spacial score (nSPS) is 10.3. The SMILES string of the molecule is c1cncc(CNCc2ccc[nH]2)c1. The molecule has 2 rings (SSSR count). The van der Waals surface area contributed by atoms with E-state index in [1.165, 1.54) is 11.3 Å². The highest BCUT2D eigenvalue weighted by atomic mass is 14.9. The summed E-state index contributed by atoms with van der Waals surface area (Å²) >= 11 is 0. The first-order valence-corrected chi connectivity index (χ1v) is 4.67. The van der Waals surface area contributed by atoms with Gasteiger partial charge >= 0.3 is 0 Å². The molecule has 2 aromatic heterocycles. The number of pyridine rings is 1. The first kappa shape index (κ1) is 8.97. The molecule has 3 nitrogen and oxygen atoms in total. The molecule has 0 bridgehead atoms. The summed E-state index contributed by atoms with van der Waals surface area (Å²) in [4.78, 5) is 7.20. The van der Waals surface area contributed by atoms with Crippen molar-refractivity contribution in [1.29, 1.82) is 0 Å². The van der Waals surface area contributed by atoms with Gasteiger partial charge in [-0.3, -0.25) is 4.98 Å². The van der Waals surface area contributed by atoms with Crippen molar-refractivity contribution in [3.63, 3.8) is 0 Å². The van der Waals surface area contributed by atoms with Gasteiger partial charge in [-0.2, -0.15) is 0 Å². The predicted octanol–water partition coefficient (Wildman–Crippen LogP) is 1.70. The van der Waals surface area contributed by atoms with E-state index in [1.54, 1.807) is 6.20 Å². The maximum Gasteiger partial charge on any atom is 0.0360 e. The first-order valence-electron chi connectivity index (χ1n) is 4.67. The number of rotatable bonds is 4. The topological polar surface area (TPSA) is 40.7 Å². The highest BCUT2D eigenvalue weighted by Gasteiger charge is 1.93. The second-order valence-corrected chi connectivity index (χ2v) is 3.16. The van der Waals surface area contributed by atoms with Gasteiger partial charge in [0.25, 0.3) is 0 Å². The first-order chi connectivity index (χ1) is 6.95. The fourth-order valence-corrected chi connectivity index (χ4v) is 1.32. The third-order valence-corrected chi connectivity index (χ3v) is 2.03. The van der Waals surface area contributed by atoms with Crippen LogP contribution in [0, 0.1) is 0 Å². The molecule has 0 aliphatic rings. The number of aromatic nitrogens is 2. The summed E-state index contributed by atoms with van der Waals surface area (Å²) in [5.74, 6) is 0. The Balaban J connectivity index is 1.79. The van der Waals surface area contributed by atoms with E-state index in [4.69, 9.17) is 0 Å². The van der Waals surface area contributed by atoms with Crippen molar-refractivity contribution in [3.05, 3.63) is 54.1 Å². The van der Waals surface area contributed by atoms with E-state index in [0.717, 1.165) is 13.1 Å². The minimum atomic E-state index is 0.854. The molecule has 0 atom stereocenters. The van der Waals surface area contributed by atoms with Gasteiger partial charge in [0.2, 0.25) is 0 Å². The molecule has 0 unspecified atom stereocenters. The van der Waals surface area contributed by atoms with Gasteiger partial charge in [0.1, 0.15) is 0 Å². The standard InChI is InChI=1S/C11H13N3/c1-3-10(7-12-5-1)8-13-9-11-4-2-6-14-11/h1-7,13-14H,8-9H2. The molecule has 0 radical (unpaired) electrons. The fourth-order valence-electron chi connectivity index (χ4n) is 1.32. The molecule has 0 aromatic carbocycles. The molecule has 2 aromatic rings. The van der Waals surface area contributed by atoms with Gasteiger partial charge in [0.05, 0.1) is 0 Å². The number of nitrogens with zero attached hydrogens (tertiary/aromatic N) is 1. The molecule has 72 valence electrons. The predicted molar refractivity (Wildman–Crippen MR) is 55.6 cm³/mol. The van der Waals surface area contributed by atoms with Gasteiger partial charge in [0, 0.05) is 37.4 Å². The van der Waals surface area contributed by atoms with Crippen molar-refractivity contribution >= 4 is 0 Å². The van der Waals surface area contributed by atoms with E-state index in [2.05, 4.69) is 27.4 Å². The number of hydrogen-bond donors (Lipinski definition) is 2. The summed E-state index contributed by atoms with van der Waals surface area (Å²) in [6.07, 6.45) is 5.59. The van der Waals surface area contributed by atoms with E-state index in [-0.39, 0.29) is 0 Å². The Morgan fingerprint density at radius 1 is 1.21 bits per heavy atom. The number of hydrogen-bond acceptors (Lipinski definition) is 2. The molecule has 3 heteroatoms. The fraction of sp³-hybridized carbons (Fsp3) is 0.182. The molecule has 14 heavy (non-hydrogen) atoms. The van der Waals surface area contributed by atoms with Gasteiger partial charge in [-0.15, -0.1) is 0 Å². The molecule has 0 saturated heterocycles. The molecule has 0 saturated carbocycles. The van der Waals surface area contributed by atoms with Crippen molar-refractivity contribution in [2.75, 3.05) is 0 Å². The minimum absolute atomic E-state index is 0.854. The number of H-pyrrole nitrogens is 1. The van der Waals surface area contributed by atoms with Gasteiger partial charge in [-0.05, 0) is 23.8 Å². The van der Waals surface area contributed by atoms with E-state index in [0.29, 0.717) is 0 Å². The molecule has 2 heterocycles. The average Bonchev–Trinajstić information content (AvgIpc) is 2.72. The summed E-state index contributed by atoms with van der Waals surface area (Å²) in [6, 6.07) is 8.08. The van der Waals surface area contributed by atoms with Crippen LogP contribution in [0.4, 0.5) is 0 Å². The number of nitrogens with one attached hydrogen (secondary N) is 2. The maximum absolute atomic E-state index is 4.05. The molecule has 0 fully saturated rings. The van der Waals surface area contributed by atoms with Crippen LogP contribution in [0.1, 0.15) is 11.3 Å². The second kappa shape index (κ2) is 4.58. The van der Waals surface area contributed by atoms with Crippen molar-refractivity contribution in [2.24, 2.45) is 0 Å². The Kier molecular flexibility index (Phi) is 2.93. The molecule has 0 spiro atoms. The van der Waals surface area contributed by atoms with E-state index in [9.17, 15) is 0 Å². The summed E-state index contributed by atoms with van der Waals surface area (Å²) in [5, 5.41) is 3.33. The monoisotopic (exact) mass is 187 g/mol. The lowest BCUT2D eigenvalue weighted by Crippen LogP contribution is -2.12. The van der Waals surface area contributed by atoms with Gasteiger partial charge in [-0.25, -0.2) is 0 Å². The molecular weight excluding hydrogens is 174 g/mol. The zero-order valence-electron chi connectivity index (χ0n) is 7.90. The Morgan fingerprint density at radius 3 is 2.93 bits per heavy atom. The highest BCUT2D eigenvalue weighted by molar-refractivity contribution is 5.08. The van der Waals surface area contributed by atoms with E-state index in [1.807, 2.05) is 24.5 Å². The second-order valence-electron chi connectivity index (χ2n) is 3.16. The lowest BCUT2D eigenvalue weighted by Gasteiger charge is -2.02. The minimum Gasteiger partial charge on any atom is -0.364 e. The zero-order valence-corrected chi connectivity index (χ0v) is 7.90. The lowest BCUT2D eigenvalue weighted by molar-refractivity contribution is 0.681. The molecule has 0 amide bonds. The smallest absolute Gasteiger partial charge is 0.0360 e. The van der Waals surface area contributed by atoms with Crippen LogP contribution in [-0.4, -0.2) is 9.97 Å². The van der Waals surface area contributed by atoms with Crippen LogP contribution in [0.2, 0.25) is 0 Å². The van der Waals surface area contributed by atoms with E-state index < -0.39 is 0 Å². The average molecular weight is 187 g/mol. The Hall–Kier alpha value is -1.61. The van der Waals surface area contributed by atoms with Crippen LogP contribution in [0.15, 0.2) is 42.9 Å². The van der Waals surface area contributed by atoms with Gasteiger partial charge in [0.15, 0.2) is 0 Å². The van der Waals surface area contributed by atoms with Crippen molar-refractivity contribution in [3.8, 4) is 0 Å². The van der Waals surface area contributed by atoms with Crippen molar-refractivity contribution < 1.29 is 0 Å². The molecule has 2 N–H and O–H groups in total. The summed E-state index contributed by atoms with van der Waals surface area (Å²) in [5.41, 5.74) is 2.41. The van der Waals surface area contributed by atoms with Gasteiger partial charge < -0.3 is 10.3 Å². The van der Waals surface area contributed by atoms with Crippen LogP contribution in [0.3, 0.4) is 0 Å². The Morgan fingerprint density at radius 2 is 2.21 bits per heavy atom. The Bertz CT molecular complexity index is 353. The molecule has 0 aliphatic carbocycles. The van der Waals surface area contributed by atoms with Crippen LogP contribution in [0.5, 0.6) is 0 Å². The lowest BCUT2D eigenvalue weighted by atomic mass is 10.3. The highest BCUT2D eigenvalue weighted by Crippen LogP contribution is 1.97. The summed E-state index contributed by atoms with van der Waals surface area (Å²) in [7, 11) is 0. The molecule has 0 aliphatic heterocycles. The van der Waals surface area contributed by atoms with Crippen molar-refractivity contribution in [2.45, 2.75) is 13.1 Å². The third-order valence-electron chi connectivity index (χ3n) is 2.03. The van der Waals surface area contributed by atoms with Crippen LogP contribution >= 0.6 is 0 Å². The van der Waals surface area contributed by atoms with E-state index >= 15 is 0 Å². The molecular formula is C11H13N3. The van der Waals surface area contributed by atoms with Crippen LogP contribution in [0.25, 0.3) is 0 Å². The van der Waals surface area contributed by atoms with Crippen LogP contribution in [-0.2, 0) is 13.1 Å². The number of aromatic amines is 1. The Labute approximate surface area is 83.2 Å². The van der Waals surface area contributed by atoms with Crippen molar-refractivity contribution in [1.82, 2.24) is 15.3 Å². The maximum atomic E-state index is 4.05.